The van der Waals surface area contributed by atoms with Gasteiger partial charge in [-0.15, -0.1) is 11.3 Å². The van der Waals surface area contributed by atoms with Crippen LogP contribution >= 0.6 is 11.3 Å². The van der Waals surface area contributed by atoms with Crippen molar-refractivity contribution in [3.63, 3.8) is 0 Å². The maximum absolute atomic E-state index is 9.08. The Kier molecular flexibility index (Phi) is 5.91. The molecule has 1 unspecified atom stereocenters. The Balaban J connectivity index is 2.09. The summed E-state index contributed by atoms with van der Waals surface area (Å²) in [5.41, 5.74) is 0. The van der Waals surface area contributed by atoms with Gasteiger partial charge in [-0.2, -0.15) is 0 Å². The second kappa shape index (κ2) is 6.99. The van der Waals surface area contributed by atoms with Crippen LogP contribution in [-0.4, -0.2) is 17.8 Å². The largest absolute Gasteiger partial charge is 0.393 e. The van der Waals surface area contributed by atoms with Crippen LogP contribution in [0.3, 0.4) is 0 Å². The average molecular weight is 227 g/mol. The molecule has 0 saturated carbocycles. The number of rotatable bonds is 7. The molecular weight excluding hydrogens is 206 g/mol. The molecule has 0 aliphatic heterocycles. The molecule has 0 spiro atoms. The molecule has 1 atom stereocenters. The monoisotopic (exact) mass is 227 g/mol. The van der Waals surface area contributed by atoms with Gasteiger partial charge in [0, 0.05) is 16.3 Å². The highest BCUT2D eigenvalue weighted by molar-refractivity contribution is 7.11. The SMILES string of the molecule is CCc1ccc(CNCCCC(C)O)s1. The van der Waals surface area contributed by atoms with Crippen molar-refractivity contribution in [1.29, 1.82) is 0 Å². The van der Waals surface area contributed by atoms with Crippen LogP contribution in [0.5, 0.6) is 0 Å². The minimum absolute atomic E-state index is 0.166. The number of thiophene rings is 1. The molecule has 0 radical (unpaired) electrons. The van der Waals surface area contributed by atoms with E-state index in [9.17, 15) is 0 Å². The van der Waals surface area contributed by atoms with Gasteiger partial charge in [0.25, 0.3) is 0 Å². The van der Waals surface area contributed by atoms with E-state index in [1.165, 1.54) is 9.75 Å². The molecule has 0 aliphatic rings. The first kappa shape index (κ1) is 12.7. The lowest BCUT2D eigenvalue weighted by Gasteiger charge is -2.04. The Morgan fingerprint density at radius 2 is 2.13 bits per heavy atom. The van der Waals surface area contributed by atoms with E-state index in [0.29, 0.717) is 0 Å². The van der Waals surface area contributed by atoms with Crippen LogP contribution in [0.1, 0.15) is 36.4 Å². The second-order valence-electron chi connectivity index (χ2n) is 3.89. The van der Waals surface area contributed by atoms with Crippen LogP contribution in [-0.2, 0) is 13.0 Å². The van der Waals surface area contributed by atoms with Gasteiger partial charge in [-0.3, -0.25) is 0 Å². The fourth-order valence-electron chi connectivity index (χ4n) is 1.44. The fourth-order valence-corrected chi connectivity index (χ4v) is 2.37. The zero-order chi connectivity index (χ0) is 11.1. The topological polar surface area (TPSA) is 32.3 Å². The zero-order valence-corrected chi connectivity index (χ0v) is 10.4. The summed E-state index contributed by atoms with van der Waals surface area (Å²) in [6.07, 6.45) is 2.90. The van der Waals surface area contributed by atoms with Gasteiger partial charge in [-0.05, 0) is 44.9 Å². The van der Waals surface area contributed by atoms with Crippen LogP contribution in [0.25, 0.3) is 0 Å². The first-order valence-corrected chi connectivity index (χ1v) is 6.50. The van der Waals surface area contributed by atoms with Crippen molar-refractivity contribution in [3.05, 3.63) is 21.9 Å². The highest BCUT2D eigenvalue weighted by Crippen LogP contribution is 2.16. The van der Waals surface area contributed by atoms with Gasteiger partial charge in [-0.1, -0.05) is 6.92 Å². The van der Waals surface area contributed by atoms with Crippen molar-refractivity contribution in [1.82, 2.24) is 5.32 Å². The number of aliphatic hydroxyl groups excluding tert-OH is 1. The van der Waals surface area contributed by atoms with Crippen LogP contribution in [0.15, 0.2) is 12.1 Å². The second-order valence-corrected chi connectivity index (χ2v) is 5.14. The van der Waals surface area contributed by atoms with Crippen LogP contribution < -0.4 is 5.32 Å². The molecule has 1 aromatic rings. The van der Waals surface area contributed by atoms with Gasteiger partial charge >= 0.3 is 0 Å². The fraction of sp³-hybridized carbons (Fsp3) is 0.667. The molecular formula is C12H21NOS. The number of nitrogens with one attached hydrogen (secondary N) is 1. The summed E-state index contributed by atoms with van der Waals surface area (Å²) in [5.74, 6) is 0. The molecule has 3 heteroatoms. The molecule has 1 aromatic heterocycles. The molecule has 86 valence electrons. The zero-order valence-electron chi connectivity index (χ0n) is 9.62. The van der Waals surface area contributed by atoms with Crippen molar-refractivity contribution >= 4 is 11.3 Å². The standard InChI is InChI=1S/C12H21NOS/c1-3-11-6-7-12(15-11)9-13-8-4-5-10(2)14/h6-7,10,13-14H,3-5,8-9H2,1-2H3. The minimum Gasteiger partial charge on any atom is -0.393 e. The van der Waals surface area contributed by atoms with E-state index in [1.54, 1.807) is 0 Å². The lowest BCUT2D eigenvalue weighted by Crippen LogP contribution is -2.15. The van der Waals surface area contributed by atoms with E-state index < -0.39 is 0 Å². The first-order chi connectivity index (χ1) is 7.22. The van der Waals surface area contributed by atoms with Gasteiger partial charge in [0.1, 0.15) is 0 Å². The van der Waals surface area contributed by atoms with Gasteiger partial charge < -0.3 is 10.4 Å². The quantitative estimate of drug-likeness (QED) is 0.702. The van der Waals surface area contributed by atoms with Crippen LogP contribution in [0, 0.1) is 0 Å². The number of aryl methyl sites for hydroxylation is 1. The Morgan fingerprint density at radius 3 is 2.73 bits per heavy atom. The summed E-state index contributed by atoms with van der Waals surface area (Å²) in [4.78, 5) is 2.86. The molecule has 0 saturated heterocycles. The molecule has 2 N–H and O–H groups in total. The third-order valence-electron chi connectivity index (χ3n) is 2.34. The molecule has 0 aromatic carbocycles. The third-order valence-corrected chi connectivity index (χ3v) is 3.57. The van der Waals surface area contributed by atoms with Crippen molar-refractivity contribution in [2.45, 2.75) is 45.8 Å². The molecule has 0 fully saturated rings. The van der Waals surface area contributed by atoms with Crippen LogP contribution in [0.4, 0.5) is 0 Å². The van der Waals surface area contributed by atoms with Gasteiger partial charge in [0.2, 0.25) is 0 Å². The van der Waals surface area contributed by atoms with Crippen molar-refractivity contribution in [2.75, 3.05) is 6.54 Å². The minimum atomic E-state index is -0.166. The van der Waals surface area contributed by atoms with Gasteiger partial charge in [0.05, 0.1) is 6.10 Å². The van der Waals surface area contributed by atoms with E-state index in [4.69, 9.17) is 5.11 Å². The van der Waals surface area contributed by atoms with Gasteiger partial charge in [0.15, 0.2) is 0 Å². The molecule has 1 rings (SSSR count). The molecule has 0 amide bonds. The Hall–Kier alpha value is -0.380. The number of aliphatic hydroxyl groups is 1. The Morgan fingerprint density at radius 1 is 1.40 bits per heavy atom. The highest BCUT2D eigenvalue weighted by Gasteiger charge is 1.98. The molecule has 0 bridgehead atoms. The molecule has 15 heavy (non-hydrogen) atoms. The summed E-state index contributed by atoms with van der Waals surface area (Å²) in [6.45, 7) is 5.98. The highest BCUT2D eigenvalue weighted by atomic mass is 32.1. The maximum Gasteiger partial charge on any atom is 0.0512 e. The summed E-state index contributed by atoms with van der Waals surface area (Å²) < 4.78 is 0. The average Bonchev–Trinajstić information content (AvgIpc) is 2.65. The van der Waals surface area contributed by atoms with Crippen LogP contribution in [0.2, 0.25) is 0 Å². The first-order valence-electron chi connectivity index (χ1n) is 5.68. The summed E-state index contributed by atoms with van der Waals surface area (Å²) in [7, 11) is 0. The normalized spacial score (nSPS) is 13.0. The van der Waals surface area contributed by atoms with Crippen molar-refractivity contribution in [2.24, 2.45) is 0 Å². The van der Waals surface area contributed by atoms with E-state index in [1.807, 2.05) is 18.3 Å². The summed E-state index contributed by atoms with van der Waals surface area (Å²) >= 11 is 1.89. The van der Waals surface area contributed by atoms with Crippen molar-refractivity contribution in [3.8, 4) is 0 Å². The summed E-state index contributed by atoms with van der Waals surface area (Å²) in [6, 6.07) is 4.41. The molecule has 1 heterocycles. The van der Waals surface area contributed by atoms with Gasteiger partial charge in [-0.25, -0.2) is 0 Å². The van der Waals surface area contributed by atoms with E-state index in [2.05, 4.69) is 24.4 Å². The van der Waals surface area contributed by atoms with E-state index >= 15 is 0 Å². The smallest absolute Gasteiger partial charge is 0.0512 e. The predicted molar refractivity (Wildman–Crippen MR) is 66.3 cm³/mol. The lowest BCUT2D eigenvalue weighted by atomic mass is 10.2. The van der Waals surface area contributed by atoms with E-state index in [0.717, 1.165) is 32.4 Å². The van der Waals surface area contributed by atoms with E-state index in [-0.39, 0.29) is 6.10 Å². The molecule has 2 nitrogen and oxygen atoms in total. The Bertz CT molecular complexity index is 270. The lowest BCUT2D eigenvalue weighted by molar-refractivity contribution is 0.181. The van der Waals surface area contributed by atoms with Crippen molar-refractivity contribution < 1.29 is 5.11 Å². The molecule has 0 aliphatic carbocycles. The maximum atomic E-state index is 9.08. The Labute approximate surface area is 96.3 Å². The number of hydrogen-bond acceptors (Lipinski definition) is 3. The summed E-state index contributed by atoms with van der Waals surface area (Å²) in [5, 5.41) is 12.5. The third kappa shape index (κ3) is 5.30. The predicted octanol–water partition coefficient (Wildman–Crippen LogP) is 2.56. The number of hydrogen-bond donors (Lipinski definition) is 2.